The molecular formula is C19H15F3N2O2S. The molecule has 0 aromatic heterocycles. The van der Waals surface area contributed by atoms with Crippen molar-refractivity contribution in [2.75, 3.05) is 10.0 Å². The number of benzene rings is 3. The lowest BCUT2D eigenvalue weighted by Gasteiger charge is -2.11. The average molecular weight is 392 g/mol. The molecule has 3 aromatic carbocycles. The first-order valence-corrected chi connectivity index (χ1v) is 9.35. The molecule has 0 saturated heterocycles. The van der Waals surface area contributed by atoms with E-state index in [0.29, 0.717) is 11.4 Å². The Morgan fingerprint density at radius 3 is 1.96 bits per heavy atom. The molecule has 2 N–H and O–H groups in total. The quantitative estimate of drug-likeness (QED) is 0.604. The highest BCUT2D eigenvalue weighted by molar-refractivity contribution is 7.92. The van der Waals surface area contributed by atoms with Crippen LogP contribution < -0.4 is 10.0 Å². The van der Waals surface area contributed by atoms with Crippen molar-refractivity contribution in [3.63, 3.8) is 0 Å². The summed E-state index contributed by atoms with van der Waals surface area (Å²) in [6, 6.07) is 14.2. The molecule has 0 aliphatic rings. The summed E-state index contributed by atoms with van der Waals surface area (Å²) >= 11 is 0. The van der Waals surface area contributed by atoms with Gasteiger partial charge >= 0.3 is 0 Å². The smallest absolute Gasteiger partial charge is 0.261 e. The predicted octanol–water partition coefficient (Wildman–Crippen LogP) is 4.96. The first kappa shape index (κ1) is 18.8. The number of sulfonamides is 1. The molecule has 0 heterocycles. The van der Waals surface area contributed by atoms with E-state index in [1.807, 2.05) is 6.92 Å². The summed E-state index contributed by atoms with van der Waals surface area (Å²) in [6.45, 7) is 1.85. The molecule has 4 nitrogen and oxygen atoms in total. The second-order valence-electron chi connectivity index (χ2n) is 5.84. The number of rotatable bonds is 5. The number of nitrogens with one attached hydrogen (secondary N) is 2. The molecule has 0 radical (unpaired) electrons. The van der Waals surface area contributed by atoms with E-state index >= 15 is 0 Å². The molecule has 0 unspecified atom stereocenters. The highest BCUT2D eigenvalue weighted by Crippen LogP contribution is 2.25. The Bertz CT molecular complexity index is 1070. The van der Waals surface area contributed by atoms with Crippen LogP contribution in [0, 0.1) is 24.4 Å². The molecule has 0 aliphatic heterocycles. The summed E-state index contributed by atoms with van der Waals surface area (Å²) in [4.78, 5) is 0.124. The van der Waals surface area contributed by atoms with Gasteiger partial charge in [0.1, 0.15) is 0 Å². The standard InChI is InChI=1S/C19H15F3N2O2S/c1-12-2-8-15(9-3-12)27(25,26)24-14-6-4-13(5-7-14)23-17-11-10-16(20)18(21)19(17)22/h2-11,23-24H,1H3. The van der Waals surface area contributed by atoms with Gasteiger partial charge in [-0.25, -0.2) is 21.6 Å². The van der Waals surface area contributed by atoms with E-state index in [1.54, 1.807) is 12.1 Å². The van der Waals surface area contributed by atoms with E-state index in [9.17, 15) is 21.6 Å². The van der Waals surface area contributed by atoms with Crippen LogP contribution in [0.5, 0.6) is 0 Å². The largest absolute Gasteiger partial charge is 0.353 e. The van der Waals surface area contributed by atoms with Crippen molar-refractivity contribution in [2.24, 2.45) is 0 Å². The fourth-order valence-electron chi connectivity index (χ4n) is 2.33. The minimum Gasteiger partial charge on any atom is -0.353 e. The van der Waals surface area contributed by atoms with Crippen LogP contribution in [0.3, 0.4) is 0 Å². The zero-order valence-corrected chi connectivity index (χ0v) is 14.9. The highest BCUT2D eigenvalue weighted by atomic mass is 32.2. The van der Waals surface area contributed by atoms with Crippen molar-refractivity contribution in [3.05, 3.63) is 83.7 Å². The normalized spacial score (nSPS) is 11.3. The SMILES string of the molecule is Cc1ccc(S(=O)(=O)Nc2ccc(Nc3ccc(F)c(F)c3F)cc2)cc1. The van der Waals surface area contributed by atoms with Gasteiger partial charge in [0.15, 0.2) is 17.5 Å². The van der Waals surface area contributed by atoms with Gasteiger partial charge in [0.2, 0.25) is 0 Å². The van der Waals surface area contributed by atoms with Gasteiger partial charge in [0.25, 0.3) is 10.0 Å². The zero-order chi connectivity index (χ0) is 19.6. The molecule has 0 fully saturated rings. The Morgan fingerprint density at radius 2 is 1.33 bits per heavy atom. The second-order valence-corrected chi connectivity index (χ2v) is 7.53. The summed E-state index contributed by atoms with van der Waals surface area (Å²) in [5.74, 6) is -4.18. The van der Waals surface area contributed by atoms with Crippen LogP contribution in [0.15, 0.2) is 65.6 Å². The Labute approximate surface area is 154 Å². The van der Waals surface area contributed by atoms with Crippen LogP contribution in [0.25, 0.3) is 0 Å². The fourth-order valence-corrected chi connectivity index (χ4v) is 3.39. The highest BCUT2D eigenvalue weighted by Gasteiger charge is 2.15. The lowest BCUT2D eigenvalue weighted by Crippen LogP contribution is -2.12. The van der Waals surface area contributed by atoms with E-state index in [-0.39, 0.29) is 10.6 Å². The van der Waals surface area contributed by atoms with Crippen LogP contribution in [0.1, 0.15) is 5.56 Å². The van der Waals surface area contributed by atoms with E-state index in [1.165, 1.54) is 36.4 Å². The van der Waals surface area contributed by atoms with Gasteiger partial charge in [-0.05, 0) is 55.5 Å². The van der Waals surface area contributed by atoms with Crippen molar-refractivity contribution in [2.45, 2.75) is 11.8 Å². The Hall–Kier alpha value is -3.00. The van der Waals surface area contributed by atoms with Crippen molar-refractivity contribution in [1.29, 1.82) is 0 Å². The fraction of sp³-hybridized carbons (Fsp3) is 0.0526. The minimum atomic E-state index is -3.74. The molecule has 27 heavy (non-hydrogen) atoms. The van der Waals surface area contributed by atoms with Crippen molar-refractivity contribution >= 4 is 27.1 Å². The maximum absolute atomic E-state index is 13.7. The first-order chi connectivity index (χ1) is 12.8. The Balaban J connectivity index is 1.76. The third-order valence-corrected chi connectivity index (χ3v) is 5.18. The number of hydrogen-bond acceptors (Lipinski definition) is 3. The molecule has 0 aliphatic carbocycles. The summed E-state index contributed by atoms with van der Waals surface area (Å²) in [5.41, 5.74) is 1.38. The van der Waals surface area contributed by atoms with E-state index in [2.05, 4.69) is 10.0 Å². The van der Waals surface area contributed by atoms with E-state index in [0.717, 1.165) is 17.7 Å². The number of hydrogen-bond donors (Lipinski definition) is 2. The van der Waals surface area contributed by atoms with Crippen LogP contribution >= 0.6 is 0 Å². The monoisotopic (exact) mass is 392 g/mol. The summed E-state index contributed by atoms with van der Waals surface area (Å²) in [5, 5.41) is 2.61. The van der Waals surface area contributed by atoms with Crippen molar-refractivity contribution < 1.29 is 21.6 Å². The molecule has 0 spiro atoms. The lowest BCUT2D eigenvalue weighted by atomic mass is 10.2. The average Bonchev–Trinajstić information content (AvgIpc) is 2.64. The van der Waals surface area contributed by atoms with Gasteiger partial charge in [-0.2, -0.15) is 0 Å². The molecular weight excluding hydrogens is 377 g/mol. The van der Waals surface area contributed by atoms with Crippen molar-refractivity contribution in [1.82, 2.24) is 0 Å². The third-order valence-electron chi connectivity index (χ3n) is 3.78. The molecule has 3 aromatic rings. The van der Waals surface area contributed by atoms with Gasteiger partial charge in [0, 0.05) is 11.4 Å². The van der Waals surface area contributed by atoms with Gasteiger partial charge < -0.3 is 5.32 Å². The van der Waals surface area contributed by atoms with Crippen LogP contribution in [0.2, 0.25) is 0 Å². The Morgan fingerprint density at radius 1 is 0.741 bits per heavy atom. The number of anilines is 3. The molecule has 0 amide bonds. The van der Waals surface area contributed by atoms with Crippen LogP contribution in [0.4, 0.5) is 30.2 Å². The molecule has 8 heteroatoms. The Kier molecular flexibility index (Phi) is 5.09. The first-order valence-electron chi connectivity index (χ1n) is 7.86. The molecule has 0 atom stereocenters. The lowest BCUT2D eigenvalue weighted by molar-refractivity contribution is 0.449. The second kappa shape index (κ2) is 7.32. The van der Waals surface area contributed by atoms with Gasteiger partial charge in [0.05, 0.1) is 10.6 Å². The summed E-state index contributed by atoms with van der Waals surface area (Å²) in [7, 11) is -3.74. The van der Waals surface area contributed by atoms with Crippen LogP contribution in [-0.4, -0.2) is 8.42 Å². The zero-order valence-electron chi connectivity index (χ0n) is 14.1. The number of aryl methyl sites for hydroxylation is 1. The molecule has 0 bridgehead atoms. The topological polar surface area (TPSA) is 58.2 Å². The number of halogens is 3. The van der Waals surface area contributed by atoms with E-state index in [4.69, 9.17) is 0 Å². The van der Waals surface area contributed by atoms with Gasteiger partial charge in [-0.3, -0.25) is 4.72 Å². The summed E-state index contributed by atoms with van der Waals surface area (Å²) in [6.07, 6.45) is 0. The maximum Gasteiger partial charge on any atom is 0.261 e. The van der Waals surface area contributed by atoms with Gasteiger partial charge in [-0.1, -0.05) is 17.7 Å². The molecule has 0 saturated carbocycles. The maximum atomic E-state index is 13.7. The van der Waals surface area contributed by atoms with Crippen molar-refractivity contribution in [3.8, 4) is 0 Å². The van der Waals surface area contributed by atoms with E-state index < -0.39 is 27.5 Å². The third kappa shape index (κ3) is 4.22. The predicted molar refractivity (Wildman–Crippen MR) is 98.0 cm³/mol. The van der Waals surface area contributed by atoms with Crippen LogP contribution in [-0.2, 0) is 10.0 Å². The molecule has 140 valence electrons. The van der Waals surface area contributed by atoms with Gasteiger partial charge in [-0.15, -0.1) is 0 Å². The minimum absolute atomic E-state index is 0.124. The molecule has 3 rings (SSSR count). The summed E-state index contributed by atoms with van der Waals surface area (Å²) < 4.78 is 67.1.